The lowest BCUT2D eigenvalue weighted by Gasteiger charge is -2.19. The van der Waals surface area contributed by atoms with Gasteiger partial charge >= 0.3 is 0 Å². The van der Waals surface area contributed by atoms with Crippen LogP contribution < -0.4 is 5.73 Å². The first kappa shape index (κ1) is 13.6. The lowest BCUT2D eigenvalue weighted by Crippen LogP contribution is -2.33. The molecule has 7 heteroatoms. The van der Waals surface area contributed by atoms with Crippen molar-refractivity contribution in [2.75, 3.05) is 18.8 Å². The van der Waals surface area contributed by atoms with Crippen LogP contribution in [0.4, 0.5) is 5.95 Å². The van der Waals surface area contributed by atoms with Crippen molar-refractivity contribution in [1.82, 2.24) is 19.4 Å². The maximum absolute atomic E-state index is 12.1. The number of halogens is 1. The van der Waals surface area contributed by atoms with Crippen LogP contribution in [0.1, 0.15) is 13.8 Å². The number of amides is 1. The fraction of sp³-hybridized carbons (Fsp3) is 0.417. The van der Waals surface area contributed by atoms with Gasteiger partial charge in [-0.1, -0.05) is 11.6 Å². The van der Waals surface area contributed by atoms with Crippen molar-refractivity contribution < 1.29 is 4.79 Å². The van der Waals surface area contributed by atoms with Crippen LogP contribution in [0.2, 0.25) is 5.02 Å². The van der Waals surface area contributed by atoms with Crippen molar-refractivity contribution in [1.29, 1.82) is 0 Å². The van der Waals surface area contributed by atoms with E-state index in [4.69, 9.17) is 17.3 Å². The zero-order valence-corrected chi connectivity index (χ0v) is 11.7. The maximum atomic E-state index is 12.1. The molecule has 2 N–H and O–H groups in total. The van der Waals surface area contributed by atoms with Crippen LogP contribution in [0.15, 0.2) is 12.3 Å². The number of nitrogens with two attached hydrogens (primary N) is 1. The third kappa shape index (κ3) is 2.63. The Bertz CT molecular complexity index is 605. The molecule has 0 aliphatic rings. The van der Waals surface area contributed by atoms with Gasteiger partial charge < -0.3 is 10.6 Å². The van der Waals surface area contributed by atoms with E-state index in [0.29, 0.717) is 29.3 Å². The third-order valence-electron chi connectivity index (χ3n) is 2.99. The number of fused-ring (bicyclic) bond motifs is 1. The number of hydrogen-bond acceptors (Lipinski definition) is 4. The van der Waals surface area contributed by atoms with Gasteiger partial charge in [0.1, 0.15) is 12.1 Å². The Morgan fingerprint density at radius 2 is 2.16 bits per heavy atom. The predicted molar refractivity (Wildman–Crippen MR) is 74.9 cm³/mol. The average Bonchev–Trinajstić information content (AvgIpc) is 2.66. The highest BCUT2D eigenvalue weighted by Crippen LogP contribution is 2.19. The molecule has 0 saturated carbocycles. The second kappa shape index (κ2) is 5.44. The Balaban J connectivity index is 2.35. The molecule has 2 aromatic heterocycles. The van der Waals surface area contributed by atoms with Gasteiger partial charge in [0, 0.05) is 19.3 Å². The van der Waals surface area contributed by atoms with Crippen LogP contribution in [0, 0.1) is 0 Å². The molecule has 0 spiro atoms. The molecule has 0 aliphatic heterocycles. The zero-order chi connectivity index (χ0) is 14.0. The fourth-order valence-electron chi connectivity index (χ4n) is 1.97. The lowest BCUT2D eigenvalue weighted by molar-refractivity contribution is -0.131. The van der Waals surface area contributed by atoms with Gasteiger partial charge in [-0.15, -0.1) is 0 Å². The van der Waals surface area contributed by atoms with Crippen LogP contribution in [0.5, 0.6) is 0 Å². The van der Waals surface area contributed by atoms with Crippen LogP contribution in [0.3, 0.4) is 0 Å². The van der Waals surface area contributed by atoms with Crippen molar-refractivity contribution in [3.05, 3.63) is 17.3 Å². The number of carbonyl (C=O) groups excluding carboxylic acids is 1. The van der Waals surface area contributed by atoms with E-state index in [1.807, 2.05) is 13.8 Å². The predicted octanol–water partition coefficient (Wildman–Crippen LogP) is 1.54. The van der Waals surface area contributed by atoms with Gasteiger partial charge in [0.05, 0.1) is 5.02 Å². The molecule has 2 heterocycles. The number of likely N-dealkylation sites (N-methyl/N-ethyl adjacent to an activating group) is 1. The minimum absolute atomic E-state index is 0.00671. The highest BCUT2D eigenvalue weighted by atomic mass is 35.5. The average molecular weight is 282 g/mol. The fourth-order valence-corrected chi connectivity index (χ4v) is 2.12. The third-order valence-corrected chi connectivity index (χ3v) is 3.20. The number of anilines is 1. The largest absolute Gasteiger partial charge is 0.369 e. The summed E-state index contributed by atoms with van der Waals surface area (Å²) in [4.78, 5) is 22.2. The number of imidazole rings is 1. The van der Waals surface area contributed by atoms with E-state index < -0.39 is 0 Å². The van der Waals surface area contributed by atoms with Crippen molar-refractivity contribution in [3.63, 3.8) is 0 Å². The van der Waals surface area contributed by atoms with Crippen LogP contribution >= 0.6 is 11.6 Å². The summed E-state index contributed by atoms with van der Waals surface area (Å²) in [6.07, 6.45) is 1.52. The quantitative estimate of drug-likeness (QED) is 0.922. The van der Waals surface area contributed by atoms with E-state index in [1.54, 1.807) is 15.5 Å². The normalized spacial score (nSPS) is 10.9. The Labute approximate surface area is 116 Å². The molecule has 0 saturated heterocycles. The molecule has 0 aliphatic carbocycles. The maximum Gasteiger partial charge on any atom is 0.242 e. The topological polar surface area (TPSA) is 77.0 Å². The smallest absolute Gasteiger partial charge is 0.242 e. The first-order chi connectivity index (χ1) is 9.06. The number of hydrogen-bond donors (Lipinski definition) is 1. The summed E-state index contributed by atoms with van der Waals surface area (Å²) in [6, 6.07) is 1.68. The molecule has 0 aromatic carbocycles. The van der Waals surface area contributed by atoms with Crippen molar-refractivity contribution >= 4 is 34.6 Å². The molecule has 0 unspecified atom stereocenters. The Kier molecular flexibility index (Phi) is 3.90. The molecule has 0 radical (unpaired) electrons. The minimum Gasteiger partial charge on any atom is -0.369 e. The second-order valence-corrected chi connectivity index (χ2v) is 4.55. The Hall–Kier alpha value is -1.82. The van der Waals surface area contributed by atoms with Gasteiger partial charge in [-0.3, -0.25) is 9.36 Å². The van der Waals surface area contributed by atoms with Gasteiger partial charge in [-0.05, 0) is 19.9 Å². The standard InChI is InChI=1S/C12H16ClN5O/c1-3-17(4-2)10(19)7-18-11-9(16-12(18)14)5-8(13)6-15-11/h5-6H,3-4,7H2,1-2H3,(H2,14,16). The first-order valence-corrected chi connectivity index (χ1v) is 6.49. The van der Waals surface area contributed by atoms with E-state index in [-0.39, 0.29) is 18.4 Å². The Morgan fingerprint density at radius 1 is 1.47 bits per heavy atom. The molecule has 0 atom stereocenters. The summed E-state index contributed by atoms with van der Waals surface area (Å²) < 4.78 is 1.60. The molecule has 102 valence electrons. The highest BCUT2D eigenvalue weighted by Gasteiger charge is 2.16. The molecule has 1 amide bonds. The first-order valence-electron chi connectivity index (χ1n) is 6.11. The molecule has 0 fully saturated rings. The van der Waals surface area contributed by atoms with E-state index in [9.17, 15) is 4.79 Å². The van der Waals surface area contributed by atoms with Crippen molar-refractivity contribution in [3.8, 4) is 0 Å². The van der Waals surface area contributed by atoms with E-state index in [2.05, 4.69) is 9.97 Å². The summed E-state index contributed by atoms with van der Waals surface area (Å²) in [5, 5.41) is 0.493. The summed E-state index contributed by atoms with van der Waals surface area (Å²) >= 11 is 5.85. The van der Waals surface area contributed by atoms with Gasteiger partial charge in [-0.25, -0.2) is 9.97 Å². The molecule has 0 bridgehead atoms. The molecule has 19 heavy (non-hydrogen) atoms. The summed E-state index contributed by atoms with van der Waals surface area (Å²) in [6.45, 7) is 5.35. The molecule has 6 nitrogen and oxygen atoms in total. The van der Waals surface area contributed by atoms with Crippen LogP contribution in [-0.2, 0) is 11.3 Å². The summed E-state index contributed by atoms with van der Waals surface area (Å²) in [7, 11) is 0. The molecule has 2 rings (SSSR count). The SMILES string of the molecule is CCN(CC)C(=O)Cn1c(N)nc2cc(Cl)cnc21. The summed E-state index contributed by atoms with van der Waals surface area (Å²) in [5.74, 6) is 0.262. The number of pyridine rings is 1. The lowest BCUT2D eigenvalue weighted by atomic mass is 10.4. The van der Waals surface area contributed by atoms with Gasteiger partial charge in [0.25, 0.3) is 0 Å². The highest BCUT2D eigenvalue weighted by molar-refractivity contribution is 6.31. The molecular weight excluding hydrogens is 266 g/mol. The van der Waals surface area contributed by atoms with E-state index in [1.165, 1.54) is 6.20 Å². The Morgan fingerprint density at radius 3 is 2.79 bits per heavy atom. The second-order valence-electron chi connectivity index (χ2n) is 4.12. The van der Waals surface area contributed by atoms with Crippen molar-refractivity contribution in [2.45, 2.75) is 20.4 Å². The van der Waals surface area contributed by atoms with Gasteiger partial charge in [0.15, 0.2) is 5.65 Å². The van der Waals surface area contributed by atoms with Crippen molar-refractivity contribution in [2.24, 2.45) is 0 Å². The number of carbonyl (C=O) groups is 1. The number of aromatic nitrogens is 3. The number of nitrogens with zero attached hydrogens (tertiary/aromatic N) is 4. The minimum atomic E-state index is -0.00671. The zero-order valence-electron chi connectivity index (χ0n) is 10.9. The van der Waals surface area contributed by atoms with Crippen LogP contribution in [0.25, 0.3) is 11.2 Å². The molecule has 2 aromatic rings. The van der Waals surface area contributed by atoms with E-state index >= 15 is 0 Å². The number of nitrogen functional groups attached to an aromatic ring is 1. The number of rotatable bonds is 4. The monoisotopic (exact) mass is 281 g/mol. The van der Waals surface area contributed by atoms with Gasteiger partial charge in [0.2, 0.25) is 11.9 Å². The summed E-state index contributed by atoms with van der Waals surface area (Å²) in [5.41, 5.74) is 7.00. The molecular formula is C12H16ClN5O. The van der Waals surface area contributed by atoms with E-state index in [0.717, 1.165) is 0 Å². The van der Waals surface area contributed by atoms with Crippen LogP contribution in [-0.4, -0.2) is 38.4 Å². The van der Waals surface area contributed by atoms with Gasteiger partial charge in [-0.2, -0.15) is 0 Å².